The molecule has 0 radical (unpaired) electrons. The van der Waals surface area contributed by atoms with Crippen molar-refractivity contribution in [3.63, 3.8) is 0 Å². The molecule has 0 aliphatic carbocycles. The van der Waals surface area contributed by atoms with Gasteiger partial charge in [0.1, 0.15) is 18.7 Å². The number of piperazine rings is 2. The van der Waals surface area contributed by atoms with E-state index >= 15 is 0 Å². The van der Waals surface area contributed by atoms with Gasteiger partial charge in [-0.3, -0.25) is 19.2 Å². The molecule has 4 rings (SSSR count). The van der Waals surface area contributed by atoms with Crippen LogP contribution < -0.4 is 5.32 Å². The molecule has 0 spiro atoms. The van der Waals surface area contributed by atoms with Crippen molar-refractivity contribution in [1.82, 2.24) is 20.0 Å². The van der Waals surface area contributed by atoms with Gasteiger partial charge >= 0.3 is 0 Å². The van der Waals surface area contributed by atoms with E-state index in [4.69, 9.17) is 4.74 Å². The summed E-state index contributed by atoms with van der Waals surface area (Å²) in [4.78, 5) is 56.2. The van der Waals surface area contributed by atoms with Crippen LogP contribution in [0.2, 0.25) is 0 Å². The molecule has 0 aromatic heterocycles. The van der Waals surface area contributed by atoms with Crippen molar-refractivity contribution in [3.8, 4) is 0 Å². The standard InChI is InChI=1S/C24H32N4O5/c1-24(2,3)16-7-5-15(6-8-16)21(30)26-9-10-27-19(13-26)23(32)28-12-17(11-18(28)22(27)31)25-20(29)14-33-4/h5-8,17-19H,9-14H2,1-4H3,(H,25,29)/t17-,18-,19-/m0/s1. The van der Waals surface area contributed by atoms with Crippen molar-refractivity contribution >= 4 is 23.6 Å². The van der Waals surface area contributed by atoms with Gasteiger partial charge in [-0.05, 0) is 29.5 Å². The van der Waals surface area contributed by atoms with E-state index in [-0.39, 0.29) is 54.8 Å². The molecule has 0 saturated carbocycles. The van der Waals surface area contributed by atoms with Crippen molar-refractivity contribution in [2.45, 2.75) is 50.7 Å². The lowest BCUT2D eigenvalue weighted by atomic mass is 9.86. The Kier molecular flexibility index (Phi) is 6.18. The first kappa shape index (κ1) is 23.2. The Morgan fingerprint density at radius 3 is 2.30 bits per heavy atom. The van der Waals surface area contributed by atoms with E-state index in [1.807, 2.05) is 24.3 Å². The molecule has 4 amide bonds. The molecule has 1 aromatic rings. The number of benzene rings is 1. The van der Waals surface area contributed by atoms with Gasteiger partial charge in [-0.25, -0.2) is 0 Å². The lowest BCUT2D eigenvalue weighted by Gasteiger charge is -2.47. The molecular formula is C24H32N4O5. The van der Waals surface area contributed by atoms with Gasteiger partial charge in [0.2, 0.25) is 17.7 Å². The van der Waals surface area contributed by atoms with Crippen LogP contribution in [0, 0.1) is 0 Å². The van der Waals surface area contributed by atoms with Crippen molar-refractivity contribution in [3.05, 3.63) is 35.4 Å². The van der Waals surface area contributed by atoms with Crippen molar-refractivity contribution in [2.24, 2.45) is 0 Å². The van der Waals surface area contributed by atoms with Gasteiger partial charge in [0, 0.05) is 38.3 Å². The SMILES string of the molecule is COCC(=O)N[C@H]1C[C@H]2C(=O)N3CCN(C(=O)c4ccc(C(C)(C)C)cc4)C[C@H]3C(=O)N2C1. The lowest BCUT2D eigenvalue weighted by Crippen LogP contribution is -2.69. The van der Waals surface area contributed by atoms with Crippen LogP contribution in [0.1, 0.15) is 43.1 Å². The van der Waals surface area contributed by atoms with E-state index in [1.165, 1.54) is 7.11 Å². The Balaban J connectivity index is 1.45. The number of rotatable bonds is 4. The number of ether oxygens (including phenoxy) is 1. The third kappa shape index (κ3) is 4.46. The van der Waals surface area contributed by atoms with Crippen LogP contribution in [-0.2, 0) is 24.5 Å². The largest absolute Gasteiger partial charge is 0.375 e. The highest BCUT2D eigenvalue weighted by molar-refractivity contribution is 6.00. The van der Waals surface area contributed by atoms with Crippen LogP contribution in [0.25, 0.3) is 0 Å². The molecule has 1 aromatic carbocycles. The minimum atomic E-state index is -0.686. The van der Waals surface area contributed by atoms with Gasteiger partial charge < -0.3 is 24.8 Å². The number of nitrogens with one attached hydrogen (secondary N) is 1. The molecule has 3 heterocycles. The average Bonchev–Trinajstić information content (AvgIpc) is 3.20. The summed E-state index contributed by atoms with van der Waals surface area (Å²) in [6, 6.07) is 6.05. The second kappa shape index (κ2) is 8.78. The first-order valence-corrected chi connectivity index (χ1v) is 11.4. The fourth-order valence-corrected chi connectivity index (χ4v) is 4.94. The first-order valence-electron chi connectivity index (χ1n) is 11.4. The molecule has 33 heavy (non-hydrogen) atoms. The summed E-state index contributed by atoms with van der Waals surface area (Å²) >= 11 is 0. The van der Waals surface area contributed by atoms with E-state index in [0.717, 1.165) is 5.56 Å². The molecule has 3 saturated heterocycles. The van der Waals surface area contributed by atoms with E-state index in [1.54, 1.807) is 14.7 Å². The number of fused-ring (bicyclic) bond motifs is 2. The molecule has 9 nitrogen and oxygen atoms in total. The highest BCUT2D eigenvalue weighted by Gasteiger charge is 2.52. The monoisotopic (exact) mass is 456 g/mol. The maximum absolute atomic E-state index is 13.3. The van der Waals surface area contributed by atoms with Crippen LogP contribution in [0.15, 0.2) is 24.3 Å². The third-order valence-electron chi connectivity index (χ3n) is 6.74. The second-order valence-corrected chi connectivity index (χ2v) is 10.1. The minimum Gasteiger partial charge on any atom is -0.375 e. The van der Waals surface area contributed by atoms with Gasteiger partial charge in [0.05, 0.1) is 6.54 Å². The number of hydrogen-bond acceptors (Lipinski definition) is 5. The summed E-state index contributed by atoms with van der Waals surface area (Å²) in [5, 5.41) is 2.83. The summed E-state index contributed by atoms with van der Waals surface area (Å²) in [6.45, 7) is 7.47. The van der Waals surface area contributed by atoms with Crippen molar-refractivity contribution in [2.75, 3.05) is 39.9 Å². The molecule has 3 aliphatic rings. The fourth-order valence-electron chi connectivity index (χ4n) is 4.94. The molecule has 3 fully saturated rings. The molecule has 1 N–H and O–H groups in total. The maximum Gasteiger partial charge on any atom is 0.253 e. The lowest BCUT2D eigenvalue weighted by molar-refractivity contribution is -0.162. The molecule has 0 bridgehead atoms. The Morgan fingerprint density at radius 1 is 1.00 bits per heavy atom. The zero-order valence-corrected chi connectivity index (χ0v) is 19.7. The van der Waals surface area contributed by atoms with Crippen LogP contribution in [-0.4, -0.2) is 96.3 Å². The topological polar surface area (TPSA) is 99.3 Å². The Bertz CT molecular complexity index is 955. The van der Waals surface area contributed by atoms with Gasteiger partial charge in [-0.1, -0.05) is 32.9 Å². The Hall–Kier alpha value is -2.94. The van der Waals surface area contributed by atoms with Crippen molar-refractivity contribution < 1.29 is 23.9 Å². The quantitative estimate of drug-likeness (QED) is 0.706. The number of nitrogens with zero attached hydrogens (tertiary/aromatic N) is 3. The smallest absolute Gasteiger partial charge is 0.253 e. The van der Waals surface area contributed by atoms with Gasteiger partial charge in [-0.15, -0.1) is 0 Å². The van der Waals surface area contributed by atoms with E-state index in [2.05, 4.69) is 26.1 Å². The van der Waals surface area contributed by atoms with Crippen LogP contribution >= 0.6 is 0 Å². The summed E-state index contributed by atoms with van der Waals surface area (Å²) in [5.41, 5.74) is 1.71. The molecule has 9 heteroatoms. The Morgan fingerprint density at radius 2 is 1.67 bits per heavy atom. The number of amides is 4. The third-order valence-corrected chi connectivity index (χ3v) is 6.74. The van der Waals surface area contributed by atoms with Crippen LogP contribution in [0.4, 0.5) is 0 Å². The highest BCUT2D eigenvalue weighted by Crippen LogP contribution is 2.30. The summed E-state index contributed by atoms with van der Waals surface area (Å²) in [7, 11) is 1.44. The predicted octanol–water partition coefficient (Wildman–Crippen LogP) is 0.383. The van der Waals surface area contributed by atoms with Crippen LogP contribution in [0.3, 0.4) is 0 Å². The zero-order valence-electron chi connectivity index (χ0n) is 19.7. The van der Waals surface area contributed by atoms with Crippen molar-refractivity contribution in [1.29, 1.82) is 0 Å². The number of methoxy groups -OCH3 is 1. The van der Waals surface area contributed by atoms with E-state index in [0.29, 0.717) is 25.1 Å². The fraction of sp³-hybridized carbons (Fsp3) is 0.583. The normalized spacial score (nSPS) is 25.1. The molecule has 178 valence electrons. The maximum atomic E-state index is 13.3. The summed E-state index contributed by atoms with van der Waals surface area (Å²) in [5.74, 6) is -0.675. The zero-order chi connectivity index (χ0) is 23.9. The molecular weight excluding hydrogens is 424 g/mol. The van der Waals surface area contributed by atoms with E-state index < -0.39 is 12.1 Å². The highest BCUT2D eigenvalue weighted by atomic mass is 16.5. The number of carbonyl (C=O) groups excluding carboxylic acids is 4. The summed E-state index contributed by atoms with van der Waals surface area (Å²) in [6.07, 6.45) is 0.395. The molecule has 3 aliphatic heterocycles. The van der Waals surface area contributed by atoms with Gasteiger partial charge in [0.25, 0.3) is 5.91 Å². The van der Waals surface area contributed by atoms with Crippen LogP contribution in [0.5, 0.6) is 0 Å². The molecule has 0 unspecified atom stereocenters. The predicted molar refractivity (Wildman–Crippen MR) is 120 cm³/mol. The van der Waals surface area contributed by atoms with Gasteiger partial charge in [-0.2, -0.15) is 0 Å². The number of hydrogen-bond donors (Lipinski definition) is 1. The summed E-state index contributed by atoms with van der Waals surface area (Å²) < 4.78 is 4.84. The second-order valence-electron chi connectivity index (χ2n) is 10.1. The average molecular weight is 457 g/mol. The van der Waals surface area contributed by atoms with Gasteiger partial charge in [0.15, 0.2) is 0 Å². The number of carbonyl (C=O) groups is 4. The first-order chi connectivity index (χ1) is 15.6. The molecule has 3 atom stereocenters. The minimum absolute atomic E-state index is 0.00472. The van der Waals surface area contributed by atoms with E-state index in [9.17, 15) is 19.2 Å². The Labute approximate surface area is 194 Å².